The standard InChI is InChI=1S/C17H21NO2/c1-4-6-7-14-11-13-12-15(20-3)8-9-16(13)17(19)18(14)10-5-2/h5,8-12H,4,6-7H2,1-3H3. The third-order valence-electron chi connectivity index (χ3n) is 3.42. The van der Waals surface area contributed by atoms with Crippen LogP contribution in [0.25, 0.3) is 17.0 Å². The normalized spacial score (nSPS) is 11.3. The van der Waals surface area contributed by atoms with Crippen LogP contribution in [0, 0.1) is 0 Å². The number of fused-ring (bicyclic) bond motifs is 1. The maximum absolute atomic E-state index is 12.6. The van der Waals surface area contributed by atoms with Gasteiger partial charge < -0.3 is 4.74 Å². The Hall–Kier alpha value is -2.03. The summed E-state index contributed by atoms with van der Waals surface area (Å²) in [4.78, 5) is 12.6. The van der Waals surface area contributed by atoms with Crippen LogP contribution >= 0.6 is 0 Å². The predicted molar refractivity (Wildman–Crippen MR) is 84.4 cm³/mol. The molecule has 0 saturated heterocycles. The first-order valence-corrected chi connectivity index (χ1v) is 7.06. The van der Waals surface area contributed by atoms with Crippen molar-refractivity contribution in [2.24, 2.45) is 0 Å². The van der Waals surface area contributed by atoms with Gasteiger partial charge in [-0.05, 0) is 49.4 Å². The summed E-state index contributed by atoms with van der Waals surface area (Å²) >= 11 is 0. The lowest BCUT2D eigenvalue weighted by Crippen LogP contribution is -2.19. The Balaban J connectivity index is 2.67. The average Bonchev–Trinajstić information content (AvgIpc) is 2.47. The molecule has 3 nitrogen and oxygen atoms in total. The van der Waals surface area contributed by atoms with E-state index < -0.39 is 0 Å². The summed E-state index contributed by atoms with van der Waals surface area (Å²) in [6, 6.07) is 7.68. The van der Waals surface area contributed by atoms with E-state index in [0.717, 1.165) is 41.5 Å². The molecular formula is C17H21NO2. The van der Waals surface area contributed by atoms with Crippen LogP contribution in [0.4, 0.5) is 0 Å². The molecule has 2 aromatic rings. The number of hydrogen-bond acceptors (Lipinski definition) is 2. The second-order valence-electron chi connectivity index (χ2n) is 4.85. The number of allylic oxidation sites excluding steroid dienone is 1. The van der Waals surface area contributed by atoms with E-state index >= 15 is 0 Å². The van der Waals surface area contributed by atoms with Gasteiger partial charge in [0.15, 0.2) is 0 Å². The fourth-order valence-electron chi connectivity index (χ4n) is 2.35. The fraction of sp³-hybridized carbons (Fsp3) is 0.353. The number of aryl methyl sites for hydroxylation is 1. The van der Waals surface area contributed by atoms with Gasteiger partial charge >= 0.3 is 0 Å². The van der Waals surface area contributed by atoms with Gasteiger partial charge in [0.2, 0.25) is 0 Å². The molecule has 2 rings (SSSR count). The Bertz CT molecular complexity index is 683. The van der Waals surface area contributed by atoms with Crippen molar-refractivity contribution in [1.82, 2.24) is 4.57 Å². The van der Waals surface area contributed by atoms with E-state index in [1.807, 2.05) is 37.4 Å². The third kappa shape index (κ3) is 2.77. The molecule has 0 radical (unpaired) electrons. The highest BCUT2D eigenvalue weighted by atomic mass is 16.5. The van der Waals surface area contributed by atoms with Gasteiger partial charge in [-0.1, -0.05) is 19.4 Å². The molecule has 0 saturated carbocycles. The molecule has 0 unspecified atom stereocenters. The van der Waals surface area contributed by atoms with E-state index in [0.29, 0.717) is 0 Å². The molecule has 0 aliphatic carbocycles. The molecule has 0 spiro atoms. The first-order chi connectivity index (χ1) is 9.71. The van der Waals surface area contributed by atoms with Crippen LogP contribution in [0.3, 0.4) is 0 Å². The van der Waals surface area contributed by atoms with E-state index in [9.17, 15) is 4.79 Å². The second-order valence-corrected chi connectivity index (χ2v) is 4.85. The van der Waals surface area contributed by atoms with Crippen molar-refractivity contribution < 1.29 is 4.74 Å². The van der Waals surface area contributed by atoms with Crippen LogP contribution < -0.4 is 10.3 Å². The van der Waals surface area contributed by atoms with Gasteiger partial charge in [-0.15, -0.1) is 0 Å². The van der Waals surface area contributed by atoms with E-state index in [1.54, 1.807) is 11.7 Å². The third-order valence-corrected chi connectivity index (χ3v) is 3.42. The quantitative estimate of drug-likeness (QED) is 0.827. The lowest BCUT2D eigenvalue weighted by molar-refractivity contribution is 0.415. The molecule has 0 bridgehead atoms. The zero-order chi connectivity index (χ0) is 14.5. The fourth-order valence-corrected chi connectivity index (χ4v) is 2.35. The number of hydrogen-bond donors (Lipinski definition) is 0. The number of pyridine rings is 1. The SMILES string of the molecule is CC=Cn1c(CCCC)cc2cc(OC)ccc2c1=O. The molecule has 0 amide bonds. The number of rotatable bonds is 5. The number of aromatic nitrogens is 1. The van der Waals surface area contributed by atoms with Crippen LogP contribution in [-0.2, 0) is 6.42 Å². The van der Waals surface area contributed by atoms with Gasteiger partial charge in [0.05, 0.1) is 7.11 Å². The molecule has 1 heterocycles. The zero-order valence-corrected chi connectivity index (χ0v) is 12.3. The minimum atomic E-state index is 0.0364. The highest BCUT2D eigenvalue weighted by Crippen LogP contribution is 2.20. The molecule has 0 fully saturated rings. The molecule has 0 atom stereocenters. The molecule has 0 aliphatic rings. The van der Waals surface area contributed by atoms with Crippen LogP contribution in [0.1, 0.15) is 32.4 Å². The smallest absolute Gasteiger partial charge is 0.262 e. The summed E-state index contributed by atoms with van der Waals surface area (Å²) in [6.07, 6.45) is 6.83. The second kappa shape index (κ2) is 6.42. The number of ether oxygens (including phenoxy) is 1. The van der Waals surface area contributed by atoms with Gasteiger partial charge in [0, 0.05) is 17.3 Å². The monoisotopic (exact) mass is 271 g/mol. The molecule has 106 valence electrons. The lowest BCUT2D eigenvalue weighted by atomic mass is 10.1. The first kappa shape index (κ1) is 14.4. The van der Waals surface area contributed by atoms with Crippen molar-refractivity contribution >= 4 is 17.0 Å². The Kier molecular flexibility index (Phi) is 4.61. The average molecular weight is 271 g/mol. The number of methoxy groups -OCH3 is 1. The van der Waals surface area contributed by atoms with E-state index in [2.05, 4.69) is 13.0 Å². The number of nitrogens with zero attached hydrogens (tertiary/aromatic N) is 1. The maximum atomic E-state index is 12.6. The molecular weight excluding hydrogens is 250 g/mol. The van der Waals surface area contributed by atoms with Gasteiger partial charge in [0.25, 0.3) is 5.56 Å². The molecule has 0 N–H and O–H groups in total. The Morgan fingerprint density at radius 2 is 2.10 bits per heavy atom. The molecule has 20 heavy (non-hydrogen) atoms. The van der Waals surface area contributed by atoms with E-state index in [4.69, 9.17) is 4.74 Å². The molecule has 0 aliphatic heterocycles. The summed E-state index contributed by atoms with van der Waals surface area (Å²) in [6.45, 7) is 4.08. The highest BCUT2D eigenvalue weighted by Gasteiger charge is 2.08. The summed E-state index contributed by atoms with van der Waals surface area (Å²) in [5.74, 6) is 0.780. The van der Waals surface area contributed by atoms with Gasteiger partial charge in [-0.2, -0.15) is 0 Å². The molecule has 3 heteroatoms. The summed E-state index contributed by atoms with van der Waals surface area (Å²) < 4.78 is 6.99. The van der Waals surface area contributed by atoms with Gasteiger partial charge in [-0.25, -0.2) is 0 Å². The van der Waals surface area contributed by atoms with Crippen LogP contribution in [0.5, 0.6) is 5.75 Å². The van der Waals surface area contributed by atoms with Crippen molar-refractivity contribution in [1.29, 1.82) is 0 Å². The van der Waals surface area contributed by atoms with E-state index in [-0.39, 0.29) is 5.56 Å². The maximum Gasteiger partial charge on any atom is 0.262 e. The largest absolute Gasteiger partial charge is 0.497 e. The number of unbranched alkanes of at least 4 members (excludes halogenated alkanes) is 1. The van der Waals surface area contributed by atoms with Crippen molar-refractivity contribution in [3.05, 3.63) is 46.4 Å². The molecule has 1 aromatic carbocycles. The Morgan fingerprint density at radius 1 is 1.30 bits per heavy atom. The number of benzene rings is 1. The van der Waals surface area contributed by atoms with Crippen LogP contribution in [0.15, 0.2) is 35.1 Å². The van der Waals surface area contributed by atoms with Crippen LogP contribution in [-0.4, -0.2) is 11.7 Å². The predicted octanol–water partition coefficient (Wildman–Crippen LogP) is 3.84. The zero-order valence-electron chi connectivity index (χ0n) is 12.3. The van der Waals surface area contributed by atoms with Crippen molar-refractivity contribution in [3.8, 4) is 5.75 Å². The lowest BCUT2D eigenvalue weighted by Gasteiger charge is -2.11. The minimum Gasteiger partial charge on any atom is -0.497 e. The molecule has 1 aromatic heterocycles. The Labute approximate surface area is 119 Å². The Morgan fingerprint density at radius 3 is 2.75 bits per heavy atom. The summed E-state index contributed by atoms with van der Waals surface area (Å²) in [5.41, 5.74) is 1.09. The van der Waals surface area contributed by atoms with Crippen molar-refractivity contribution in [3.63, 3.8) is 0 Å². The summed E-state index contributed by atoms with van der Waals surface area (Å²) in [5, 5.41) is 1.67. The van der Waals surface area contributed by atoms with Gasteiger partial charge in [-0.3, -0.25) is 9.36 Å². The van der Waals surface area contributed by atoms with Crippen molar-refractivity contribution in [2.45, 2.75) is 33.1 Å². The van der Waals surface area contributed by atoms with Crippen molar-refractivity contribution in [2.75, 3.05) is 7.11 Å². The minimum absolute atomic E-state index is 0.0364. The van der Waals surface area contributed by atoms with Crippen LogP contribution in [0.2, 0.25) is 0 Å². The highest BCUT2D eigenvalue weighted by molar-refractivity contribution is 5.84. The summed E-state index contributed by atoms with van der Waals surface area (Å²) in [7, 11) is 1.64. The van der Waals surface area contributed by atoms with Gasteiger partial charge in [0.1, 0.15) is 5.75 Å². The van der Waals surface area contributed by atoms with E-state index in [1.165, 1.54) is 0 Å². The topological polar surface area (TPSA) is 31.2 Å². The first-order valence-electron chi connectivity index (χ1n) is 7.06.